The Kier molecular flexibility index (Phi) is 10.7. The second kappa shape index (κ2) is 13.5. The van der Waals surface area contributed by atoms with Crippen molar-refractivity contribution in [3.8, 4) is 0 Å². The number of amides is 2. The first-order chi connectivity index (χ1) is 16.2. The largest absolute Gasteiger partial charge is 0.326 e. The van der Waals surface area contributed by atoms with Crippen LogP contribution in [0.2, 0.25) is 10.0 Å². The Morgan fingerprint density at radius 2 is 1.03 bits per heavy atom. The summed E-state index contributed by atoms with van der Waals surface area (Å²) < 4.78 is 0. The number of anilines is 2. The van der Waals surface area contributed by atoms with Crippen LogP contribution in [0, 0.1) is 20.2 Å². The molecule has 0 aromatic heterocycles. The Morgan fingerprint density at radius 1 is 0.676 bits per heavy atom. The number of hydrogen-bond acceptors (Lipinski definition) is 6. The number of nitrogens with one attached hydrogen (secondary N) is 2. The van der Waals surface area contributed by atoms with Gasteiger partial charge < -0.3 is 10.6 Å². The normalized spacial score (nSPS) is 10.5. The molecule has 0 atom stereocenters. The third kappa shape index (κ3) is 8.95. The van der Waals surface area contributed by atoms with Crippen LogP contribution < -0.4 is 10.6 Å². The fourth-order valence-electron chi connectivity index (χ4n) is 3.19. The third-order valence-electron chi connectivity index (χ3n) is 4.91. The van der Waals surface area contributed by atoms with Crippen molar-refractivity contribution in [2.45, 2.75) is 51.4 Å². The number of nitro groups is 2. The van der Waals surface area contributed by atoms with Gasteiger partial charge in [0.1, 0.15) is 10.0 Å². The van der Waals surface area contributed by atoms with E-state index in [-0.39, 0.29) is 33.2 Å². The molecule has 0 saturated carbocycles. The minimum absolute atomic E-state index is 0.00874. The molecule has 0 aliphatic carbocycles. The van der Waals surface area contributed by atoms with Crippen molar-refractivity contribution in [3.63, 3.8) is 0 Å². The van der Waals surface area contributed by atoms with Crippen LogP contribution in [-0.2, 0) is 9.59 Å². The number of nitrogens with zero attached hydrogens (tertiary/aromatic N) is 2. The van der Waals surface area contributed by atoms with E-state index in [9.17, 15) is 29.8 Å². The maximum Gasteiger partial charge on any atom is 0.289 e. The summed E-state index contributed by atoms with van der Waals surface area (Å²) in [5.41, 5.74) is 0.130. The fraction of sp³-hybridized carbons (Fsp3) is 0.364. The number of rotatable bonds is 13. The van der Waals surface area contributed by atoms with E-state index in [0.29, 0.717) is 37.1 Å². The van der Waals surface area contributed by atoms with Gasteiger partial charge in [0.25, 0.3) is 11.4 Å². The molecule has 2 rings (SSSR count). The van der Waals surface area contributed by atoms with Gasteiger partial charge in [-0.2, -0.15) is 0 Å². The molecule has 0 aliphatic rings. The standard InChI is InChI=1S/C22H24Cl2N4O6/c23-17-11-9-15(13-19(17)27(31)32)25-21(29)7-5-3-1-2-4-6-8-22(30)26-16-10-12-18(24)20(14-16)28(33)34/h9-14H,1-8H2,(H,25,29)(H,26,30). The van der Waals surface area contributed by atoms with Crippen molar-refractivity contribution >= 4 is 57.8 Å². The summed E-state index contributed by atoms with van der Waals surface area (Å²) in [6.45, 7) is 0. The SMILES string of the molecule is O=C(CCCCCCCCC(=O)Nc1ccc(Cl)c([N+](=O)[O-])c1)Nc1ccc(Cl)c([N+](=O)[O-])c1. The molecule has 2 N–H and O–H groups in total. The van der Waals surface area contributed by atoms with Gasteiger partial charge in [0, 0.05) is 36.3 Å². The summed E-state index contributed by atoms with van der Waals surface area (Å²) in [6, 6.07) is 8.22. The Labute approximate surface area is 205 Å². The molecule has 0 fully saturated rings. The van der Waals surface area contributed by atoms with E-state index in [4.69, 9.17) is 23.2 Å². The third-order valence-corrected chi connectivity index (χ3v) is 5.55. The molecule has 2 amide bonds. The summed E-state index contributed by atoms with van der Waals surface area (Å²) in [5, 5.41) is 27.1. The van der Waals surface area contributed by atoms with E-state index in [1.165, 1.54) is 36.4 Å². The number of halogens is 2. The summed E-state index contributed by atoms with van der Waals surface area (Å²) >= 11 is 11.5. The van der Waals surface area contributed by atoms with E-state index < -0.39 is 9.85 Å². The van der Waals surface area contributed by atoms with Crippen LogP contribution in [0.5, 0.6) is 0 Å². The summed E-state index contributed by atoms with van der Waals surface area (Å²) in [5.74, 6) is -0.452. The fourth-order valence-corrected chi connectivity index (χ4v) is 3.56. The first-order valence-electron chi connectivity index (χ1n) is 10.6. The zero-order chi connectivity index (χ0) is 25.1. The Balaban J connectivity index is 1.57. The highest BCUT2D eigenvalue weighted by atomic mass is 35.5. The quantitative estimate of drug-likeness (QED) is 0.178. The minimum Gasteiger partial charge on any atom is -0.326 e. The highest BCUT2D eigenvalue weighted by Gasteiger charge is 2.15. The molecule has 182 valence electrons. The van der Waals surface area contributed by atoms with E-state index >= 15 is 0 Å². The second-order valence-corrected chi connectivity index (χ2v) is 8.38. The zero-order valence-corrected chi connectivity index (χ0v) is 19.7. The molecule has 2 aromatic rings. The average Bonchev–Trinajstić information content (AvgIpc) is 2.77. The topological polar surface area (TPSA) is 144 Å². The van der Waals surface area contributed by atoms with Crippen LogP contribution >= 0.6 is 23.2 Å². The highest BCUT2D eigenvalue weighted by Crippen LogP contribution is 2.28. The summed E-state index contributed by atoms with van der Waals surface area (Å²) in [4.78, 5) is 44.6. The van der Waals surface area contributed by atoms with Gasteiger partial charge >= 0.3 is 0 Å². The molecule has 0 radical (unpaired) electrons. The van der Waals surface area contributed by atoms with E-state index in [0.717, 1.165) is 25.7 Å². The lowest BCUT2D eigenvalue weighted by Crippen LogP contribution is -2.11. The molecule has 0 unspecified atom stereocenters. The monoisotopic (exact) mass is 510 g/mol. The number of carbonyl (C=O) groups is 2. The Hall–Kier alpha value is -3.24. The van der Waals surface area contributed by atoms with Crippen LogP contribution in [0.1, 0.15) is 51.4 Å². The van der Waals surface area contributed by atoms with Crippen LogP contribution in [0.15, 0.2) is 36.4 Å². The molecule has 0 spiro atoms. The predicted molar refractivity (Wildman–Crippen MR) is 130 cm³/mol. The lowest BCUT2D eigenvalue weighted by Gasteiger charge is -2.07. The van der Waals surface area contributed by atoms with Crippen LogP contribution in [0.25, 0.3) is 0 Å². The van der Waals surface area contributed by atoms with Gasteiger partial charge in [-0.15, -0.1) is 0 Å². The molecular formula is C22H24Cl2N4O6. The molecule has 10 nitrogen and oxygen atoms in total. The van der Waals surface area contributed by atoms with Gasteiger partial charge in [0.2, 0.25) is 11.8 Å². The minimum atomic E-state index is -0.606. The lowest BCUT2D eigenvalue weighted by molar-refractivity contribution is -0.384. The van der Waals surface area contributed by atoms with E-state index in [1.54, 1.807) is 0 Å². The molecule has 34 heavy (non-hydrogen) atoms. The Bertz CT molecular complexity index is 980. The maximum absolute atomic E-state index is 12.0. The molecule has 0 saturated heterocycles. The van der Waals surface area contributed by atoms with Gasteiger partial charge in [0.15, 0.2) is 0 Å². The zero-order valence-electron chi connectivity index (χ0n) is 18.2. The molecular weight excluding hydrogens is 487 g/mol. The molecule has 12 heteroatoms. The van der Waals surface area contributed by atoms with Gasteiger partial charge in [-0.25, -0.2) is 0 Å². The number of hydrogen-bond donors (Lipinski definition) is 2. The van der Waals surface area contributed by atoms with Crippen LogP contribution in [0.3, 0.4) is 0 Å². The second-order valence-electron chi connectivity index (χ2n) is 7.56. The maximum atomic E-state index is 12.0. The number of carbonyl (C=O) groups excluding carboxylic acids is 2. The van der Waals surface area contributed by atoms with Crippen molar-refractivity contribution in [1.82, 2.24) is 0 Å². The van der Waals surface area contributed by atoms with E-state index in [2.05, 4.69) is 10.6 Å². The number of unbranched alkanes of at least 4 members (excludes halogenated alkanes) is 5. The number of nitro benzene ring substituents is 2. The molecule has 2 aromatic carbocycles. The first-order valence-corrected chi connectivity index (χ1v) is 11.4. The van der Waals surface area contributed by atoms with Gasteiger partial charge in [-0.05, 0) is 37.1 Å². The highest BCUT2D eigenvalue weighted by molar-refractivity contribution is 6.33. The average molecular weight is 511 g/mol. The van der Waals surface area contributed by atoms with Crippen LogP contribution in [0.4, 0.5) is 22.7 Å². The molecule has 0 heterocycles. The smallest absolute Gasteiger partial charge is 0.289 e. The van der Waals surface area contributed by atoms with Crippen molar-refractivity contribution in [3.05, 3.63) is 66.7 Å². The summed E-state index contributed by atoms with van der Waals surface area (Å²) in [7, 11) is 0. The van der Waals surface area contributed by atoms with Crippen molar-refractivity contribution in [2.24, 2.45) is 0 Å². The molecule has 0 aliphatic heterocycles. The van der Waals surface area contributed by atoms with Crippen molar-refractivity contribution in [2.75, 3.05) is 10.6 Å². The summed E-state index contributed by atoms with van der Waals surface area (Å²) in [6.07, 6.45) is 5.45. The Morgan fingerprint density at radius 3 is 1.38 bits per heavy atom. The first kappa shape index (κ1) is 27.0. The van der Waals surface area contributed by atoms with E-state index in [1.807, 2.05) is 0 Å². The van der Waals surface area contributed by atoms with Crippen molar-refractivity contribution < 1.29 is 19.4 Å². The molecule has 0 bridgehead atoms. The lowest BCUT2D eigenvalue weighted by atomic mass is 10.1. The number of benzene rings is 2. The van der Waals surface area contributed by atoms with Gasteiger partial charge in [-0.3, -0.25) is 29.8 Å². The van der Waals surface area contributed by atoms with Gasteiger partial charge in [0.05, 0.1) is 9.85 Å². The van der Waals surface area contributed by atoms with Crippen molar-refractivity contribution in [1.29, 1.82) is 0 Å². The van der Waals surface area contributed by atoms with Crippen LogP contribution in [-0.4, -0.2) is 21.7 Å². The predicted octanol–water partition coefficient (Wildman–Crippen LogP) is 6.51. The van der Waals surface area contributed by atoms with Gasteiger partial charge in [-0.1, -0.05) is 48.9 Å².